The standard InChI is InChI=1S/C21H21N5O2/c22-20(28)16-7-4-8-17-19(16)24-21(23-17)26-12-14-10-15(26)11-25(14)18(27)9-13-5-2-1-3-6-13/h1-8,14-15H,9-12H2,(H2,22,28)(H,23,24)/t14-,15-/m0/s1. The largest absolute Gasteiger partial charge is 0.366 e. The minimum atomic E-state index is -0.482. The Morgan fingerprint density at radius 2 is 1.89 bits per heavy atom. The molecule has 2 atom stereocenters. The molecule has 3 aromatic rings. The maximum atomic E-state index is 12.7. The van der Waals surface area contributed by atoms with Gasteiger partial charge in [-0.3, -0.25) is 9.59 Å². The zero-order chi connectivity index (χ0) is 19.3. The summed E-state index contributed by atoms with van der Waals surface area (Å²) < 4.78 is 0. The highest BCUT2D eigenvalue weighted by Crippen LogP contribution is 2.34. The Morgan fingerprint density at radius 1 is 1.07 bits per heavy atom. The van der Waals surface area contributed by atoms with E-state index in [2.05, 4.69) is 14.9 Å². The molecule has 2 saturated heterocycles. The smallest absolute Gasteiger partial charge is 0.250 e. The van der Waals surface area contributed by atoms with Gasteiger partial charge in [-0.1, -0.05) is 36.4 Å². The molecule has 2 aliphatic heterocycles. The number of carbonyl (C=O) groups excluding carboxylic acids is 2. The monoisotopic (exact) mass is 375 g/mol. The molecule has 2 aliphatic rings. The molecule has 0 spiro atoms. The Kier molecular flexibility index (Phi) is 3.82. The van der Waals surface area contributed by atoms with E-state index in [1.807, 2.05) is 41.3 Å². The van der Waals surface area contributed by atoms with Gasteiger partial charge in [0.2, 0.25) is 11.9 Å². The van der Waals surface area contributed by atoms with Crippen molar-refractivity contribution in [2.75, 3.05) is 18.0 Å². The van der Waals surface area contributed by atoms with Gasteiger partial charge < -0.3 is 20.5 Å². The molecule has 142 valence electrons. The molecule has 2 aromatic carbocycles. The third-order valence-electron chi connectivity index (χ3n) is 5.80. The van der Waals surface area contributed by atoms with E-state index in [4.69, 9.17) is 5.73 Å². The number of piperazine rings is 1. The average molecular weight is 375 g/mol. The number of aromatic nitrogens is 2. The number of amides is 2. The number of nitrogens with zero attached hydrogens (tertiary/aromatic N) is 3. The van der Waals surface area contributed by atoms with Gasteiger partial charge in [0.1, 0.15) is 5.52 Å². The van der Waals surface area contributed by atoms with E-state index in [9.17, 15) is 9.59 Å². The van der Waals surface area contributed by atoms with Crippen molar-refractivity contribution < 1.29 is 9.59 Å². The van der Waals surface area contributed by atoms with Gasteiger partial charge in [-0.25, -0.2) is 4.98 Å². The number of hydrogen-bond donors (Lipinski definition) is 2. The topological polar surface area (TPSA) is 95.3 Å². The van der Waals surface area contributed by atoms with Crippen molar-refractivity contribution in [1.82, 2.24) is 14.9 Å². The third kappa shape index (κ3) is 2.70. The number of nitrogens with one attached hydrogen (secondary N) is 1. The van der Waals surface area contributed by atoms with Crippen LogP contribution in [0.4, 0.5) is 5.95 Å². The predicted molar refractivity (Wildman–Crippen MR) is 106 cm³/mol. The number of carbonyl (C=O) groups is 2. The molecule has 0 unspecified atom stereocenters. The summed E-state index contributed by atoms with van der Waals surface area (Å²) in [5.41, 5.74) is 8.33. The Morgan fingerprint density at radius 3 is 2.61 bits per heavy atom. The quantitative estimate of drug-likeness (QED) is 0.725. The van der Waals surface area contributed by atoms with Crippen LogP contribution in [0.1, 0.15) is 22.3 Å². The number of anilines is 1. The van der Waals surface area contributed by atoms with Gasteiger partial charge >= 0.3 is 0 Å². The number of likely N-dealkylation sites (tertiary alicyclic amines) is 1. The number of rotatable bonds is 4. The number of H-pyrrole nitrogens is 1. The van der Waals surface area contributed by atoms with Crippen molar-refractivity contribution in [3.63, 3.8) is 0 Å². The molecule has 7 nitrogen and oxygen atoms in total. The molecule has 5 rings (SSSR count). The number of imidazole rings is 1. The normalized spacial score (nSPS) is 20.9. The van der Waals surface area contributed by atoms with E-state index in [1.54, 1.807) is 12.1 Å². The maximum absolute atomic E-state index is 12.7. The van der Waals surface area contributed by atoms with Gasteiger partial charge in [-0.05, 0) is 24.1 Å². The summed E-state index contributed by atoms with van der Waals surface area (Å²) in [4.78, 5) is 36.6. The Hall–Kier alpha value is -3.35. The molecular weight excluding hydrogens is 354 g/mol. The SMILES string of the molecule is NC(=O)c1cccc2[nH]c(N3C[C@@H]4C[C@H]3CN4C(=O)Cc3ccccc3)nc12. The van der Waals surface area contributed by atoms with Crippen LogP contribution in [-0.4, -0.2) is 51.9 Å². The molecule has 0 radical (unpaired) electrons. The molecule has 2 fully saturated rings. The molecule has 2 amide bonds. The highest BCUT2D eigenvalue weighted by atomic mass is 16.2. The second kappa shape index (κ2) is 6.37. The lowest BCUT2D eigenvalue weighted by Crippen LogP contribution is -2.49. The first-order valence-corrected chi connectivity index (χ1v) is 9.49. The second-order valence-corrected chi connectivity index (χ2v) is 7.53. The van der Waals surface area contributed by atoms with Crippen LogP contribution in [0.15, 0.2) is 48.5 Å². The summed E-state index contributed by atoms with van der Waals surface area (Å²) in [7, 11) is 0. The van der Waals surface area contributed by atoms with Gasteiger partial charge in [-0.2, -0.15) is 0 Å². The first-order valence-electron chi connectivity index (χ1n) is 9.49. The van der Waals surface area contributed by atoms with E-state index in [1.165, 1.54) is 0 Å². The summed E-state index contributed by atoms with van der Waals surface area (Å²) in [6, 6.07) is 15.7. The molecular formula is C21H21N5O2. The van der Waals surface area contributed by atoms with Gasteiger partial charge in [0.25, 0.3) is 5.91 Å². The Balaban J connectivity index is 1.33. The van der Waals surface area contributed by atoms with Crippen molar-refractivity contribution in [1.29, 1.82) is 0 Å². The summed E-state index contributed by atoms with van der Waals surface area (Å²) in [5.74, 6) is 0.439. The van der Waals surface area contributed by atoms with Gasteiger partial charge in [0.15, 0.2) is 0 Å². The van der Waals surface area contributed by atoms with Gasteiger partial charge in [0, 0.05) is 13.1 Å². The van der Waals surface area contributed by atoms with Gasteiger partial charge in [0.05, 0.1) is 29.6 Å². The zero-order valence-corrected chi connectivity index (χ0v) is 15.3. The van der Waals surface area contributed by atoms with Gasteiger partial charge in [-0.15, -0.1) is 0 Å². The minimum absolute atomic E-state index is 0.180. The van der Waals surface area contributed by atoms with Crippen molar-refractivity contribution in [3.05, 3.63) is 59.7 Å². The first kappa shape index (κ1) is 16.8. The molecule has 28 heavy (non-hydrogen) atoms. The van der Waals surface area contributed by atoms with Crippen LogP contribution in [0.25, 0.3) is 11.0 Å². The summed E-state index contributed by atoms with van der Waals surface area (Å²) in [6.07, 6.45) is 1.39. The van der Waals surface area contributed by atoms with Crippen LogP contribution in [0.5, 0.6) is 0 Å². The summed E-state index contributed by atoms with van der Waals surface area (Å²) >= 11 is 0. The molecule has 1 aromatic heterocycles. The van der Waals surface area contributed by atoms with E-state index < -0.39 is 5.91 Å². The molecule has 0 saturated carbocycles. The van der Waals surface area contributed by atoms with Crippen LogP contribution in [0.3, 0.4) is 0 Å². The van der Waals surface area contributed by atoms with Crippen molar-refractivity contribution in [2.24, 2.45) is 5.73 Å². The lowest BCUT2D eigenvalue weighted by atomic mass is 10.1. The van der Waals surface area contributed by atoms with Crippen molar-refractivity contribution >= 4 is 28.8 Å². The fourth-order valence-electron chi connectivity index (χ4n) is 4.46. The number of fused-ring (bicyclic) bond motifs is 3. The molecule has 2 bridgehead atoms. The van der Waals surface area contributed by atoms with Crippen LogP contribution in [0.2, 0.25) is 0 Å². The average Bonchev–Trinajstić information content (AvgIpc) is 3.41. The summed E-state index contributed by atoms with van der Waals surface area (Å²) in [5, 5.41) is 0. The number of aromatic amines is 1. The first-order chi connectivity index (χ1) is 13.6. The van der Waals surface area contributed by atoms with Crippen LogP contribution >= 0.6 is 0 Å². The summed E-state index contributed by atoms with van der Waals surface area (Å²) in [6.45, 7) is 1.45. The van der Waals surface area contributed by atoms with E-state index in [0.29, 0.717) is 24.0 Å². The number of nitrogens with two attached hydrogens (primary N) is 1. The predicted octanol–water partition coefficient (Wildman–Crippen LogP) is 1.69. The Labute approximate surface area is 162 Å². The minimum Gasteiger partial charge on any atom is -0.366 e. The fourth-order valence-corrected chi connectivity index (χ4v) is 4.46. The second-order valence-electron chi connectivity index (χ2n) is 7.53. The fraction of sp³-hybridized carbons (Fsp3) is 0.286. The highest BCUT2D eigenvalue weighted by Gasteiger charge is 2.46. The molecule has 7 heteroatoms. The van der Waals surface area contributed by atoms with Crippen molar-refractivity contribution in [3.8, 4) is 0 Å². The molecule has 0 aliphatic carbocycles. The molecule has 3 heterocycles. The maximum Gasteiger partial charge on any atom is 0.250 e. The van der Waals surface area contributed by atoms with Crippen LogP contribution < -0.4 is 10.6 Å². The lowest BCUT2D eigenvalue weighted by Gasteiger charge is -2.34. The van der Waals surface area contributed by atoms with Crippen LogP contribution in [-0.2, 0) is 11.2 Å². The third-order valence-corrected chi connectivity index (χ3v) is 5.80. The number of primary amides is 1. The van der Waals surface area contributed by atoms with E-state index in [0.717, 1.165) is 30.0 Å². The number of hydrogen-bond acceptors (Lipinski definition) is 4. The van der Waals surface area contributed by atoms with E-state index in [-0.39, 0.29) is 18.0 Å². The molecule has 3 N–H and O–H groups in total. The van der Waals surface area contributed by atoms with E-state index >= 15 is 0 Å². The Bertz CT molecular complexity index is 1060. The lowest BCUT2D eigenvalue weighted by molar-refractivity contribution is -0.131. The number of para-hydroxylation sites is 1. The van der Waals surface area contributed by atoms with Crippen molar-refractivity contribution in [2.45, 2.75) is 24.9 Å². The van der Waals surface area contributed by atoms with Crippen LogP contribution in [0, 0.1) is 0 Å². The zero-order valence-electron chi connectivity index (χ0n) is 15.3. The number of benzene rings is 2. The highest BCUT2D eigenvalue weighted by molar-refractivity contribution is 6.04.